The van der Waals surface area contributed by atoms with Crippen LogP contribution in [0.5, 0.6) is 17.2 Å². The number of hydrogen-bond donors (Lipinski definition) is 2. The Labute approximate surface area is 144 Å². The Kier molecular flexibility index (Phi) is 4.68. The van der Waals surface area contributed by atoms with Crippen molar-refractivity contribution in [2.24, 2.45) is 0 Å². The Morgan fingerprint density at radius 1 is 0.917 bits per heavy atom. The molecule has 0 aliphatic carbocycles. The molecule has 24 heavy (non-hydrogen) atoms. The number of anilines is 1. The van der Waals surface area contributed by atoms with E-state index in [1.165, 1.54) is 18.2 Å². The van der Waals surface area contributed by atoms with Gasteiger partial charge in [0.2, 0.25) is 0 Å². The van der Waals surface area contributed by atoms with E-state index in [0.29, 0.717) is 22.2 Å². The number of ether oxygens (including phenoxy) is 1. The standard InChI is InChI=1S/C19H14ClNO3/c20-13-9-10-18(22)17(11-13)19(23)21-14-5-4-8-16(12-14)24-15-6-2-1-3-7-15/h1-12,22H,(H,21,23). The number of carbonyl (C=O) groups excluding carboxylic acids is 1. The van der Waals surface area contributed by atoms with Crippen LogP contribution < -0.4 is 10.1 Å². The molecule has 0 fully saturated rings. The molecule has 0 unspecified atom stereocenters. The smallest absolute Gasteiger partial charge is 0.259 e. The van der Waals surface area contributed by atoms with Crippen molar-refractivity contribution in [3.8, 4) is 17.2 Å². The minimum atomic E-state index is -0.452. The summed E-state index contributed by atoms with van der Waals surface area (Å²) in [6.45, 7) is 0. The first kappa shape index (κ1) is 15.9. The maximum atomic E-state index is 12.3. The van der Waals surface area contributed by atoms with Crippen molar-refractivity contribution in [3.63, 3.8) is 0 Å². The number of benzene rings is 3. The lowest BCUT2D eigenvalue weighted by Gasteiger charge is -2.10. The first-order valence-corrected chi connectivity index (χ1v) is 7.62. The zero-order valence-corrected chi connectivity index (χ0v) is 13.3. The highest BCUT2D eigenvalue weighted by atomic mass is 35.5. The summed E-state index contributed by atoms with van der Waals surface area (Å²) in [6.07, 6.45) is 0. The second-order valence-corrected chi connectivity index (χ2v) is 5.49. The zero-order valence-electron chi connectivity index (χ0n) is 12.6. The monoisotopic (exact) mass is 339 g/mol. The molecular formula is C19H14ClNO3. The number of rotatable bonds is 4. The number of phenolic OH excluding ortho intramolecular Hbond substituents is 1. The molecule has 120 valence electrons. The van der Waals surface area contributed by atoms with Crippen LogP contribution in [-0.2, 0) is 0 Å². The fourth-order valence-corrected chi connectivity index (χ4v) is 2.32. The van der Waals surface area contributed by atoms with Crippen LogP contribution in [0.1, 0.15) is 10.4 Å². The average Bonchev–Trinajstić information content (AvgIpc) is 2.58. The van der Waals surface area contributed by atoms with Gasteiger partial charge in [-0.25, -0.2) is 0 Å². The maximum Gasteiger partial charge on any atom is 0.259 e. The summed E-state index contributed by atoms with van der Waals surface area (Å²) in [7, 11) is 0. The third-order valence-corrected chi connectivity index (χ3v) is 3.51. The van der Waals surface area contributed by atoms with Crippen LogP contribution in [0.15, 0.2) is 72.8 Å². The Hall–Kier alpha value is -2.98. The summed E-state index contributed by atoms with van der Waals surface area (Å²) >= 11 is 5.87. The minimum absolute atomic E-state index is 0.108. The fourth-order valence-electron chi connectivity index (χ4n) is 2.15. The summed E-state index contributed by atoms with van der Waals surface area (Å²) in [4.78, 5) is 12.3. The van der Waals surface area contributed by atoms with E-state index < -0.39 is 5.91 Å². The molecule has 0 aliphatic heterocycles. The van der Waals surface area contributed by atoms with Gasteiger partial charge in [-0.3, -0.25) is 4.79 Å². The summed E-state index contributed by atoms with van der Waals surface area (Å²) in [5.41, 5.74) is 0.657. The van der Waals surface area contributed by atoms with E-state index in [1.807, 2.05) is 30.3 Å². The van der Waals surface area contributed by atoms with Crippen LogP contribution in [-0.4, -0.2) is 11.0 Å². The first-order valence-electron chi connectivity index (χ1n) is 7.25. The van der Waals surface area contributed by atoms with Crippen molar-refractivity contribution in [3.05, 3.63) is 83.4 Å². The van der Waals surface area contributed by atoms with Gasteiger partial charge in [0.1, 0.15) is 17.2 Å². The van der Waals surface area contributed by atoms with Crippen LogP contribution in [0.2, 0.25) is 5.02 Å². The van der Waals surface area contributed by atoms with Crippen LogP contribution in [0.25, 0.3) is 0 Å². The molecule has 0 aromatic heterocycles. The van der Waals surface area contributed by atoms with Gasteiger partial charge in [-0.15, -0.1) is 0 Å². The quantitative estimate of drug-likeness (QED) is 0.696. The molecule has 2 N–H and O–H groups in total. The fraction of sp³-hybridized carbons (Fsp3) is 0. The van der Waals surface area contributed by atoms with Crippen molar-refractivity contribution in [1.29, 1.82) is 0 Å². The number of nitrogens with one attached hydrogen (secondary N) is 1. The molecule has 0 heterocycles. The Morgan fingerprint density at radius 2 is 1.67 bits per heavy atom. The molecule has 0 saturated heterocycles. The molecule has 0 atom stereocenters. The topological polar surface area (TPSA) is 58.6 Å². The largest absolute Gasteiger partial charge is 0.507 e. The van der Waals surface area contributed by atoms with Crippen LogP contribution in [0.3, 0.4) is 0 Å². The van der Waals surface area contributed by atoms with Gasteiger partial charge in [0.25, 0.3) is 5.91 Å². The van der Waals surface area contributed by atoms with Crippen molar-refractivity contribution in [1.82, 2.24) is 0 Å². The third kappa shape index (κ3) is 3.86. The molecule has 0 radical (unpaired) electrons. The van der Waals surface area contributed by atoms with Gasteiger partial charge < -0.3 is 15.2 Å². The molecule has 3 aromatic rings. The highest BCUT2D eigenvalue weighted by Gasteiger charge is 2.12. The van der Waals surface area contributed by atoms with Gasteiger partial charge in [-0.05, 0) is 42.5 Å². The van der Waals surface area contributed by atoms with Crippen molar-refractivity contribution < 1.29 is 14.6 Å². The van der Waals surface area contributed by atoms with Crippen LogP contribution in [0, 0.1) is 0 Å². The van der Waals surface area contributed by atoms with Crippen molar-refractivity contribution in [2.45, 2.75) is 0 Å². The second-order valence-electron chi connectivity index (χ2n) is 5.06. The van der Waals surface area contributed by atoms with E-state index in [1.54, 1.807) is 24.3 Å². The van der Waals surface area contributed by atoms with Crippen LogP contribution >= 0.6 is 11.6 Å². The molecule has 0 bridgehead atoms. The lowest BCUT2D eigenvalue weighted by molar-refractivity contribution is 0.102. The number of carbonyl (C=O) groups is 1. The summed E-state index contributed by atoms with van der Waals surface area (Å²) in [5, 5.41) is 12.9. The van der Waals surface area contributed by atoms with E-state index in [4.69, 9.17) is 16.3 Å². The average molecular weight is 340 g/mol. The van der Waals surface area contributed by atoms with Gasteiger partial charge in [-0.2, -0.15) is 0 Å². The van der Waals surface area contributed by atoms with E-state index in [-0.39, 0.29) is 11.3 Å². The van der Waals surface area contributed by atoms with E-state index in [9.17, 15) is 9.90 Å². The Bertz CT molecular complexity index is 865. The molecule has 3 rings (SSSR count). The lowest BCUT2D eigenvalue weighted by atomic mass is 10.2. The molecule has 5 heteroatoms. The predicted octanol–water partition coefficient (Wildman–Crippen LogP) is 5.09. The predicted molar refractivity (Wildman–Crippen MR) is 94.0 cm³/mol. The lowest BCUT2D eigenvalue weighted by Crippen LogP contribution is -2.12. The van der Waals surface area contributed by atoms with E-state index in [0.717, 1.165) is 0 Å². The number of halogens is 1. The number of hydrogen-bond acceptors (Lipinski definition) is 3. The van der Waals surface area contributed by atoms with Gasteiger partial charge in [0.15, 0.2) is 0 Å². The van der Waals surface area contributed by atoms with Gasteiger partial charge >= 0.3 is 0 Å². The zero-order chi connectivity index (χ0) is 16.9. The molecule has 3 aromatic carbocycles. The van der Waals surface area contributed by atoms with Crippen molar-refractivity contribution in [2.75, 3.05) is 5.32 Å². The van der Waals surface area contributed by atoms with Crippen molar-refractivity contribution >= 4 is 23.2 Å². The second kappa shape index (κ2) is 7.06. The molecule has 0 saturated carbocycles. The Morgan fingerprint density at radius 3 is 2.46 bits per heavy atom. The first-order chi connectivity index (χ1) is 11.6. The van der Waals surface area contributed by atoms with Gasteiger partial charge in [0.05, 0.1) is 5.56 Å². The highest BCUT2D eigenvalue weighted by Crippen LogP contribution is 2.26. The number of phenols is 1. The maximum absolute atomic E-state index is 12.3. The van der Waals surface area contributed by atoms with E-state index in [2.05, 4.69) is 5.32 Å². The molecule has 0 spiro atoms. The SMILES string of the molecule is O=C(Nc1cccc(Oc2ccccc2)c1)c1cc(Cl)ccc1O. The number of amides is 1. The van der Waals surface area contributed by atoms with Gasteiger partial charge in [-0.1, -0.05) is 35.9 Å². The molecular weight excluding hydrogens is 326 g/mol. The minimum Gasteiger partial charge on any atom is -0.507 e. The molecule has 1 amide bonds. The summed E-state index contributed by atoms with van der Waals surface area (Å²) < 4.78 is 5.73. The summed E-state index contributed by atoms with van der Waals surface area (Å²) in [6, 6.07) is 20.6. The normalized spacial score (nSPS) is 10.2. The van der Waals surface area contributed by atoms with Crippen LogP contribution in [0.4, 0.5) is 5.69 Å². The highest BCUT2D eigenvalue weighted by molar-refractivity contribution is 6.31. The Balaban J connectivity index is 1.77. The molecule has 0 aliphatic rings. The summed E-state index contributed by atoms with van der Waals surface area (Å²) in [5.74, 6) is 0.711. The van der Waals surface area contributed by atoms with Gasteiger partial charge in [0, 0.05) is 16.8 Å². The van der Waals surface area contributed by atoms with E-state index >= 15 is 0 Å². The third-order valence-electron chi connectivity index (χ3n) is 3.27. The molecule has 4 nitrogen and oxygen atoms in total. The number of aromatic hydroxyl groups is 1. The number of para-hydroxylation sites is 1.